The van der Waals surface area contributed by atoms with Gasteiger partial charge in [0, 0.05) is 43.4 Å². The number of amides is 1. The van der Waals surface area contributed by atoms with Crippen LogP contribution in [0.15, 0.2) is 24.5 Å². The number of sulfonamides is 1. The average Bonchev–Trinajstić information content (AvgIpc) is 2.85. The van der Waals surface area contributed by atoms with Crippen LogP contribution in [0.3, 0.4) is 0 Å². The number of piperidine rings is 1. The predicted molar refractivity (Wildman–Crippen MR) is 82.7 cm³/mol. The number of hydrogen-bond acceptors (Lipinski definition) is 4. The Morgan fingerprint density at radius 2 is 2.14 bits per heavy atom. The molecule has 1 N–H and O–H groups in total. The molecule has 2 saturated heterocycles. The molecule has 7 heteroatoms. The highest BCUT2D eigenvalue weighted by Gasteiger charge is 2.49. The summed E-state index contributed by atoms with van der Waals surface area (Å²) in [6.07, 6.45) is 5.28. The molecule has 2 aliphatic heterocycles. The fourth-order valence-corrected chi connectivity index (χ4v) is 4.74. The molecule has 120 valence electrons. The van der Waals surface area contributed by atoms with Crippen LogP contribution in [0, 0.1) is 0 Å². The fourth-order valence-electron chi connectivity index (χ4n) is 3.63. The summed E-state index contributed by atoms with van der Waals surface area (Å²) in [5.74, 6) is 0.235. The van der Waals surface area contributed by atoms with E-state index in [-0.39, 0.29) is 23.1 Å². The topological polar surface area (TPSA) is 79.4 Å². The zero-order valence-corrected chi connectivity index (χ0v) is 13.5. The van der Waals surface area contributed by atoms with Gasteiger partial charge in [0.15, 0.2) is 0 Å². The molecule has 0 aliphatic carbocycles. The molecule has 0 unspecified atom stereocenters. The van der Waals surface area contributed by atoms with Crippen LogP contribution in [-0.4, -0.2) is 48.0 Å². The second-order valence-corrected chi connectivity index (χ2v) is 8.30. The quantitative estimate of drug-likeness (QED) is 0.895. The molecule has 0 radical (unpaired) electrons. The average molecular weight is 323 g/mol. The number of nitrogens with zero attached hydrogens (tertiary/aromatic N) is 2. The van der Waals surface area contributed by atoms with E-state index in [1.165, 1.54) is 0 Å². The van der Waals surface area contributed by atoms with E-state index in [1.54, 1.807) is 17.4 Å². The van der Waals surface area contributed by atoms with Gasteiger partial charge in [-0.3, -0.25) is 9.78 Å². The first-order valence-electron chi connectivity index (χ1n) is 7.65. The molecule has 1 spiro atoms. The lowest BCUT2D eigenvalue weighted by Crippen LogP contribution is -2.54. The van der Waals surface area contributed by atoms with Gasteiger partial charge in [-0.25, -0.2) is 12.7 Å². The first kappa shape index (κ1) is 15.4. The first-order valence-corrected chi connectivity index (χ1v) is 9.26. The Hall–Kier alpha value is -1.47. The van der Waals surface area contributed by atoms with E-state index in [0.717, 1.165) is 5.56 Å². The summed E-state index contributed by atoms with van der Waals surface area (Å²) < 4.78 is 25.5. The van der Waals surface area contributed by atoms with Gasteiger partial charge in [-0.1, -0.05) is 6.07 Å². The maximum absolute atomic E-state index is 12.0. The van der Waals surface area contributed by atoms with Crippen molar-refractivity contribution in [2.24, 2.45) is 0 Å². The van der Waals surface area contributed by atoms with E-state index in [1.807, 2.05) is 18.3 Å². The van der Waals surface area contributed by atoms with Gasteiger partial charge in [-0.15, -0.1) is 0 Å². The van der Waals surface area contributed by atoms with E-state index in [9.17, 15) is 13.2 Å². The summed E-state index contributed by atoms with van der Waals surface area (Å²) >= 11 is 0. The van der Waals surface area contributed by atoms with Crippen LogP contribution < -0.4 is 5.32 Å². The highest BCUT2D eigenvalue weighted by atomic mass is 32.2. The second-order valence-electron chi connectivity index (χ2n) is 6.05. The van der Waals surface area contributed by atoms with Gasteiger partial charge in [0.25, 0.3) is 0 Å². The summed E-state index contributed by atoms with van der Waals surface area (Å²) in [7, 11) is -3.15. The maximum atomic E-state index is 12.0. The van der Waals surface area contributed by atoms with Gasteiger partial charge >= 0.3 is 0 Å². The molecule has 2 aliphatic rings. The molecule has 3 heterocycles. The highest BCUT2D eigenvalue weighted by molar-refractivity contribution is 7.89. The van der Waals surface area contributed by atoms with Gasteiger partial charge < -0.3 is 5.32 Å². The monoisotopic (exact) mass is 323 g/mol. The largest absolute Gasteiger partial charge is 0.350 e. The maximum Gasteiger partial charge on any atom is 0.221 e. The molecular formula is C15H21N3O3S. The molecule has 0 aromatic carbocycles. The molecule has 0 bridgehead atoms. The molecule has 1 amide bonds. The van der Waals surface area contributed by atoms with E-state index in [4.69, 9.17) is 0 Å². The van der Waals surface area contributed by atoms with E-state index in [2.05, 4.69) is 10.3 Å². The number of rotatable bonds is 3. The van der Waals surface area contributed by atoms with E-state index in [0.29, 0.717) is 32.4 Å². The minimum Gasteiger partial charge on any atom is -0.350 e. The normalized spacial score (nSPS) is 25.3. The number of aromatic nitrogens is 1. The van der Waals surface area contributed by atoms with Crippen LogP contribution in [0.4, 0.5) is 0 Å². The van der Waals surface area contributed by atoms with Gasteiger partial charge in [0.2, 0.25) is 15.9 Å². The second kappa shape index (κ2) is 5.62. The summed E-state index contributed by atoms with van der Waals surface area (Å²) in [6, 6.07) is 3.87. The van der Waals surface area contributed by atoms with E-state index >= 15 is 0 Å². The Labute approximate surface area is 131 Å². The number of pyridine rings is 1. The van der Waals surface area contributed by atoms with Crippen LogP contribution in [0.25, 0.3) is 0 Å². The van der Waals surface area contributed by atoms with Gasteiger partial charge in [-0.05, 0) is 31.4 Å². The third-order valence-corrected chi connectivity index (χ3v) is 6.79. The predicted octanol–water partition coefficient (Wildman–Crippen LogP) is 0.869. The Morgan fingerprint density at radius 3 is 2.73 bits per heavy atom. The molecule has 2 fully saturated rings. The number of nitrogens with one attached hydrogen (secondary N) is 1. The first-order chi connectivity index (χ1) is 10.5. The zero-order chi connectivity index (χ0) is 15.8. The molecule has 22 heavy (non-hydrogen) atoms. The lowest BCUT2D eigenvalue weighted by atomic mass is 9.75. The third-order valence-electron chi connectivity index (χ3n) is 4.90. The molecule has 3 rings (SSSR count). The Bertz CT molecular complexity index is 652. The van der Waals surface area contributed by atoms with Gasteiger partial charge in [-0.2, -0.15) is 0 Å². The lowest BCUT2D eigenvalue weighted by Gasteiger charge is -2.42. The Balaban J connectivity index is 1.83. The number of carbonyl (C=O) groups is 1. The zero-order valence-electron chi connectivity index (χ0n) is 12.7. The van der Waals surface area contributed by atoms with Gasteiger partial charge in [0.1, 0.15) is 0 Å². The number of carbonyl (C=O) groups excluding carboxylic acids is 1. The highest BCUT2D eigenvalue weighted by Crippen LogP contribution is 2.43. The van der Waals surface area contributed by atoms with Crippen molar-refractivity contribution in [2.75, 3.05) is 18.8 Å². The Kier molecular flexibility index (Phi) is 3.94. The summed E-state index contributed by atoms with van der Waals surface area (Å²) in [6.45, 7) is 2.59. The van der Waals surface area contributed by atoms with Crippen molar-refractivity contribution in [1.82, 2.24) is 14.6 Å². The summed E-state index contributed by atoms with van der Waals surface area (Å²) in [5, 5.41) is 3.12. The van der Waals surface area contributed by atoms with Crippen molar-refractivity contribution >= 4 is 15.9 Å². The van der Waals surface area contributed by atoms with Crippen LogP contribution >= 0.6 is 0 Å². The van der Waals surface area contributed by atoms with Crippen molar-refractivity contribution in [3.05, 3.63) is 30.1 Å². The molecule has 1 aromatic rings. The SMILES string of the molecule is CCS(=O)(=O)N1CCC2(CC1)NC(=O)C[C@H]2c1cccnc1. The molecular weight excluding hydrogens is 302 g/mol. The van der Waals surface area contributed by atoms with Crippen molar-refractivity contribution in [3.63, 3.8) is 0 Å². The number of hydrogen-bond donors (Lipinski definition) is 1. The van der Waals surface area contributed by atoms with E-state index < -0.39 is 10.0 Å². The smallest absolute Gasteiger partial charge is 0.221 e. The lowest BCUT2D eigenvalue weighted by molar-refractivity contribution is -0.120. The minimum absolute atomic E-state index is 0.0423. The minimum atomic E-state index is -3.15. The summed E-state index contributed by atoms with van der Waals surface area (Å²) in [5.41, 5.74) is 0.715. The van der Waals surface area contributed by atoms with Crippen LogP contribution in [0.1, 0.15) is 37.7 Å². The van der Waals surface area contributed by atoms with Crippen molar-refractivity contribution in [1.29, 1.82) is 0 Å². The standard InChI is InChI=1S/C15H21N3O3S/c1-2-22(20,21)18-8-5-15(6-9-18)13(10-14(19)17-15)12-4-3-7-16-11-12/h3-4,7,11,13H,2,5-6,8-10H2,1H3,(H,17,19)/t13-/m0/s1. The van der Waals surface area contributed by atoms with Crippen molar-refractivity contribution in [2.45, 2.75) is 37.6 Å². The van der Waals surface area contributed by atoms with Gasteiger partial charge in [0.05, 0.1) is 5.75 Å². The fraction of sp³-hybridized carbons (Fsp3) is 0.600. The molecule has 6 nitrogen and oxygen atoms in total. The van der Waals surface area contributed by atoms with Crippen molar-refractivity contribution in [3.8, 4) is 0 Å². The Morgan fingerprint density at radius 1 is 1.41 bits per heavy atom. The third kappa shape index (κ3) is 2.63. The van der Waals surface area contributed by atoms with Crippen LogP contribution in [0.2, 0.25) is 0 Å². The molecule has 1 aromatic heterocycles. The molecule has 1 atom stereocenters. The molecule has 0 saturated carbocycles. The van der Waals surface area contributed by atoms with Crippen molar-refractivity contribution < 1.29 is 13.2 Å². The van der Waals surface area contributed by atoms with Crippen LogP contribution in [0.5, 0.6) is 0 Å². The van der Waals surface area contributed by atoms with Crippen LogP contribution in [-0.2, 0) is 14.8 Å². The summed E-state index contributed by atoms with van der Waals surface area (Å²) in [4.78, 5) is 16.1.